The smallest absolute Gasteiger partial charge is 0.411 e. The molecule has 0 spiro atoms. The number of rotatable bonds is 3. The first kappa shape index (κ1) is 19.3. The van der Waals surface area contributed by atoms with Crippen molar-refractivity contribution in [3.8, 4) is 11.1 Å². The van der Waals surface area contributed by atoms with E-state index < -0.39 is 36.7 Å². The van der Waals surface area contributed by atoms with E-state index in [2.05, 4.69) is 0 Å². The highest BCUT2D eigenvalue weighted by atomic mass is 19.4. The zero-order chi connectivity index (χ0) is 20.8. The Morgan fingerprint density at radius 3 is 2.07 bits per heavy atom. The van der Waals surface area contributed by atoms with Crippen LogP contribution < -0.4 is 0 Å². The Hall–Kier alpha value is -3.03. The van der Waals surface area contributed by atoms with Gasteiger partial charge in [0.05, 0.1) is 0 Å². The van der Waals surface area contributed by atoms with Crippen LogP contribution in [-0.4, -0.2) is 46.9 Å². The molecule has 1 saturated heterocycles. The number of fused-ring (bicyclic) bond motifs is 3. The molecule has 0 unspecified atom stereocenters. The summed E-state index contributed by atoms with van der Waals surface area (Å²) >= 11 is 0. The molecule has 1 fully saturated rings. The molecule has 2 aromatic rings. The second kappa shape index (κ2) is 7.09. The lowest BCUT2D eigenvalue weighted by Crippen LogP contribution is -2.50. The van der Waals surface area contributed by atoms with Crippen LogP contribution in [0.3, 0.4) is 0 Å². The number of hydrogen-bond acceptors (Lipinski definition) is 3. The first-order valence-corrected chi connectivity index (χ1v) is 9.22. The van der Waals surface area contributed by atoms with Crippen molar-refractivity contribution in [3.63, 3.8) is 0 Å². The molecule has 5 nitrogen and oxygen atoms in total. The van der Waals surface area contributed by atoms with E-state index in [9.17, 15) is 27.9 Å². The number of carbonyl (C=O) groups excluding carboxylic acids is 1. The molecular formula is C21H18F3NO4. The van der Waals surface area contributed by atoms with Crippen molar-refractivity contribution < 1.29 is 32.6 Å². The van der Waals surface area contributed by atoms with Gasteiger partial charge in [-0.2, -0.15) is 13.2 Å². The number of ether oxygens (including phenoxy) is 1. The lowest BCUT2D eigenvalue weighted by molar-refractivity contribution is -0.177. The number of likely N-dealkylation sites (tertiary alicyclic amines) is 1. The SMILES string of the molecule is O=C(O)[C@@H]1CC[C@H](C(F)(F)F)N1C(=O)OCC1c2ccccc2-c2ccccc21. The van der Waals surface area contributed by atoms with Gasteiger partial charge in [-0.1, -0.05) is 48.5 Å². The summed E-state index contributed by atoms with van der Waals surface area (Å²) in [5.41, 5.74) is 3.82. The number of amides is 1. The molecule has 0 bridgehead atoms. The third kappa shape index (κ3) is 3.32. The van der Waals surface area contributed by atoms with Gasteiger partial charge in [0.2, 0.25) is 0 Å². The topological polar surface area (TPSA) is 66.8 Å². The summed E-state index contributed by atoms with van der Waals surface area (Å²) in [6.45, 7) is -0.166. The average Bonchev–Trinajstić information content (AvgIpc) is 3.27. The summed E-state index contributed by atoms with van der Waals surface area (Å²) in [5, 5.41) is 9.24. The average molecular weight is 405 g/mol. The zero-order valence-corrected chi connectivity index (χ0v) is 15.2. The largest absolute Gasteiger partial charge is 0.480 e. The van der Waals surface area contributed by atoms with Crippen molar-refractivity contribution in [1.29, 1.82) is 0 Å². The molecular weight excluding hydrogens is 387 g/mol. The third-order valence-electron chi connectivity index (χ3n) is 5.59. The zero-order valence-electron chi connectivity index (χ0n) is 15.2. The predicted octanol–water partition coefficient (Wildman–Crippen LogP) is 4.42. The molecule has 0 aromatic heterocycles. The van der Waals surface area contributed by atoms with Crippen LogP contribution in [0.25, 0.3) is 11.1 Å². The summed E-state index contributed by atoms with van der Waals surface area (Å²) in [5.74, 6) is -1.79. The molecule has 2 aliphatic rings. The maximum Gasteiger partial charge on any atom is 0.411 e. The molecule has 4 rings (SSSR count). The summed E-state index contributed by atoms with van der Waals surface area (Å²) < 4.78 is 45.2. The standard InChI is InChI=1S/C21H18F3NO4/c22-21(23,24)18-10-9-17(19(26)27)25(18)20(28)29-11-16-14-7-3-1-5-12(14)13-6-2-4-8-15(13)16/h1-8,16-18H,9-11H2,(H,26,27)/t17-,18+/m0/s1. The molecule has 0 radical (unpaired) electrons. The van der Waals surface area contributed by atoms with E-state index in [4.69, 9.17) is 4.74 Å². The third-order valence-corrected chi connectivity index (χ3v) is 5.59. The fourth-order valence-electron chi connectivity index (χ4n) is 4.30. The van der Waals surface area contributed by atoms with Gasteiger partial charge < -0.3 is 9.84 Å². The van der Waals surface area contributed by atoms with E-state index in [1.54, 1.807) is 0 Å². The number of carboxylic acid groups (broad SMARTS) is 1. The maximum absolute atomic E-state index is 13.3. The van der Waals surface area contributed by atoms with Crippen LogP contribution in [0.5, 0.6) is 0 Å². The Kier molecular flexibility index (Phi) is 4.72. The number of aliphatic carboxylic acids is 1. The Morgan fingerprint density at radius 1 is 1.00 bits per heavy atom. The van der Waals surface area contributed by atoms with Gasteiger partial charge in [0.15, 0.2) is 0 Å². The summed E-state index contributed by atoms with van der Waals surface area (Å²) in [6, 6.07) is 11.4. The highest BCUT2D eigenvalue weighted by molar-refractivity contribution is 5.82. The van der Waals surface area contributed by atoms with Gasteiger partial charge >= 0.3 is 18.2 Å². The van der Waals surface area contributed by atoms with Crippen molar-refractivity contribution in [2.24, 2.45) is 0 Å². The number of alkyl halides is 3. The minimum Gasteiger partial charge on any atom is -0.480 e. The number of carbonyl (C=O) groups is 2. The number of carboxylic acids is 1. The molecule has 2 aromatic carbocycles. The molecule has 29 heavy (non-hydrogen) atoms. The minimum atomic E-state index is -4.71. The highest BCUT2D eigenvalue weighted by Crippen LogP contribution is 2.45. The van der Waals surface area contributed by atoms with Crippen LogP contribution in [0.1, 0.15) is 29.9 Å². The van der Waals surface area contributed by atoms with E-state index in [1.807, 2.05) is 48.5 Å². The quantitative estimate of drug-likeness (QED) is 0.821. The van der Waals surface area contributed by atoms with Gasteiger partial charge in [-0.25, -0.2) is 9.59 Å². The lowest BCUT2D eigenvalue weighted by atomic mass is 9.98. The number of hydrogen-bond donors (Lipinski definition) is 1. The van der Waals surface area contributed by atoms with E-state index in [0.29, 0.717) is 4.90 Å². The first-order valence-electron chi connectivity index (χ1n) is 9.22. The summed E-state index contributed by atoms with van der Waals surface area (Å²) in [7, 11) is 0. The molecule has 1 aliphatic carbocycles. The van der Waals surface area contributed by atoms with Gasteiger partial charge in [0, 0.05) is 5.92 Å². The van der Waals surface area contributed by atoms with Gasteiger partial charge in [-0.15, -0.1) is 0 Å². The second-order valence-corrected chi connectivity index (χ2v) is 7.20. The van der Waals surface area contributed by atoms with Crippen LogP contribution >= 0.6 is 0 Å². The van der Waals surface area contributed by atoms with Crippen LogP contribution in [0, 0.1) is 0 Å². The van der Waals surface area contributed by atoms with Gasteiger partial charge in [-0.05, 0) is 35.1 Å². The predicted molar refractivity (Wildman–Crippen MR) is 97.4 cm³/mol. The van der Waals surface area contributed by atoms with Crippen LogP contribution in [0.2, 0.25) is 0 Å². The van der Waals surface area contributed by atoms with E-state index in [-0.39, 0.29) is 18.9 Å². The van der Waals surface area contributed by atoms with Crippen LogP contribution in [-0.2, 0) is 9.53 Å². The Balaban J connectivity index is 1.57. The second-order valence-electron chi connectivity index (χ2n) is 7.20. The summed E-state index contributed by atoms with van der Waals surface area (Å²) in [4.78, 5) is 24.2. The Labute approximate surface area is 164 Å². The highest BCUT2D eigenvalue weighted by Gasteiger charge is 2.54. The normalized spacial score (nSPS) is 21.0. The van der Waals surface area contributed by atoms with Crippen LogP contribution in [0.15, 0.2) is 48.5 Å². The monoisotopic (exact) mass is 405 g/mol. The lowest BCUT2D eigenvalue weighted by Gasteiger charge is -2.29. The number of nitrogens with zero attached hydrogens (tertiary/aromatic N) is 1. The molecule has 1 N–H and O–H groups in total. The molecule has 152 valence electrons. The molecule has 2 atom stereocenters. The molecule has 1 amide bonds. The van der Waals surface area contributed by atoms with E-state index in [0.717, 1.165) is 22.3 Å². The minimum absolute atomic E-state index is 0.166. The van der Waals surface area contributed by atoms with Crippen molar-refractivity contribution >= 4 is 12.1 Å². The first-order chi connectivity index (χ1) is 13.8. The van der Waals surface area contributed by atoms with E-state index >= 15 is 0 Å². The summed E-state index contributed by atoms with van der Waals surface area (Å²) in [6.07, 6.45) is -6.68. The van der Waals surface area contributed by atoms with E-state index in [1.165, 1.54) is 0 Å². The molecule has 1 heterocycles. The Bertz CT molecular complexity index is 913. The van der Waals surface area contributed by atoms with Gasteiger partial charge in [0.25, 0.3) is 0 Å². The van der Waals surface area contributed by atoms with Crippen molar-refractivity contribution in [2.75, 3.05) is 6.61 Å². The molecule has 0 saturated carbocycles. The molecule has 8 heteroatoms. The van der Waals surface area contributed by atoms with Crippen LogP contribution in [0.4, 0.5) is 18.0 Å². The van der Waals surface area contributed by atoms with Crippen molar-refractivity contribution in [3.05, 3.63) is 59.7 Å². The fourth-order valence-corrected chi connectivity index (χ4v) is 4.30. The number of halogens is 3. The fraction of sp³-hybridized carbons (Fsp3) is 0.333. The van der Waals surface area contributed by atoms with Gasteiger partial charge in [-0.3, -0.25) is 4.90 Å². The molecule has 1 aliphatic heterocycles. The maximum atomic E-state index is 13.3. The van der Waals surface area contributed by atoms with Crippen molar-refractivity contribution in [2.45, 2.75) is 37.0 Å². The number of benzene rings is 2. The Morgan fingerprint density at radius 2 is 1.55 bits per heavy atom. The van der Waals surface area contributed by atoms with Gasteiger partial charge in [0.1, 0.15) is 18.7 Å². The van der Waals surface area contributed by atoms with Crippen molar-refractivity contribution in [1.82, 2.24) is 4.90 Å².